The summed E-state index contributed by atoms with van der Waals surface area (Å²) in [7, 11) is 1.93. The first kappa shape index (κ1) is 14.5. The van der Waals surface area contributed by atoms with Crippen LogP contribution in [0.25, 0.3) is 0 Å². The third-order valence-electron chi connectivity index (χ3n) is 2.97. The highest BCUT2D eigenvalue weighted by Gasteiger charge is 2.13. The number of anilines is 1. The summed E-state index contributed by atoms with van der Waals surface area (Å²) in [5.41, 5.74) is 8.82. The second-order valence-electron chi connectivity index (χ2n) is 4.83. The Morgan fingerprint density at radius 3 is 2.56 bits per heavy atom. The van der Waals surface area contributed by atoms with Crippen LogP contribution in [0.4, 0.5) is 5.69 Å². The molecule has 0 heterocycles. The zero-order chi connectivity index (χ0) is 13.7. The Bertz CT molecular complexity index is 416. The highest BCUT2D eigenvalue weighted by atomic mass is 16.1. The first-order chi connectivity index (χ1) is 8.45. The number of carbonyl (C=O) groups is 1. The van der Waals surface area contributed by atoms with E-state index < -0.39 is 0 Å². The molecule has 0 saturated heterocycles. The van der Waals surface area contributed by atoms with Gasteiger partial charge in [-0.05, 0) is 51.1 Å². The molecule has 0 unspecified atom stereocenters. The second kappa shape index (κ2) is 6.40. The van der Waals surface area contributed by atoms with E-state index in [1.54, 1.807) is 0 Å². The van der Waals surface area contributed by atoms with E-state index in [0.29, 0.717) is 0 Å². The molecule has 0 fully saturated rings. The molecule has 1 amide bonds. The van der Waals surface area contributed by atoms with Gasteiger partial charge in [-0.2, -0.15) is 0 Å². The number of amides is 1. The minimum Gasteiger partial charge on any atom is -0.368 e. The number of primary amides is 1. The van der Waals surface area contributed by atoms with E-state index in [1.807, 2.05) is 18.0 Å². The highest BCUT2D eigenvalue weighted by molar-refractivity contribution is 5.79. The maximum absolute atomic E-state index is 11.1. The molecule has 0 aliphatic rings. The van der Waals surface area contributed by atoms with E-state index in [-0.39, 0.29) is 18.5 Å². The van der Waals surface area contributed by atoms with Crippen LogP contribution in [0, 0.1) is 6.92 Å². The van der Waals surface area contributed by atoms with Crippen molar-refractivity contribution in [1.82, 2.24) is 5.32 Å². The maximum Gasteiger partial charge on any atom is 0.236 e. The van der Waals surface area contributed by atoms with E-state index in [2.05, 4.69) is 38.2 Å². The van der Waals surface area contributed by atoms with Crippen LogP contribution >= 0.6 is 0 Å². The van der Waals surface area contributed by atoms with Crippen LogP contribution in [0.1, 0.15) is 25.0 Å². The van der Waals surface area contributed by atoms with E-state index in [4.69, 9.17) is 5.73 Å². The molecule has 0 aromatic heterocycles. The van der Waals surface area contributed by atoms with Crippen molar-refractivity contribution in [2.75, 3.05) is 18.5 Å². The van der Waals surface area contributed by atoms with E-state index >= 15 is 0 Å². The average molecular weight is 249 g/mol. The molecule has 0 radical (unpaired) electrons. The third kappa shape index (κ3) is 3.74. The van der Waals surface area contributed by atoms with Gasteiger partial charge < -0.3 is 16.0 Å². The molecule has 1 aromatic carbocycles. The summed E-state index contributed by atoms with van der Waals surface area (Å²) in [6.45, 7) is 7.30. The van der Waals surface area contributed by atoms with Crippen LogP contribution in [-0.4, -0.2) is 25.5 Å². The first-order valence-electron chi connectivity index (χ1n) is 6.24. The van der Waals surface area contributed by atoms with Crippen molar-refractivity contribution in [1.29, 1.82) is 0 Å². The fraction of sp³-hybridized carbons (Fsp3) is 0.500. The van der Waals surface area contributed by atoms with Crippen molar-refractivity contribution in [3.8, 4) is 0 Å². The zero-order valence-corrected chi connectivity index (χ0v) is 11.7. The Balaban J connectivity index is 2.99. The third-order valence-corrected chi connectivity index (χ3v) is 2.97. The van der Waals surface area contributed by atoms with Crippen LogP contribution in [0.3, 0.4) is 0 Å². The Labute approximate surface area is 109 Å². The largest absolute Gasteiger partial charge is 0.368 e. The summed E-state index contributed by atoms with van der Waals surface area (Å²) in [6, 6.07) is 6.49. The van der Waals surface area contributed by atoms with Gasteiger partial charge in [0.05, 0.1) is 6.54 Å². The quantitative estimate of drug-likeness (QED) is 0.801. The Kier molecular flexibility index (Phi) is 5.16. The van der Waals surface area contributed by atoms with Crippen LogP contribution < -0.4 is 16.0 Å². The van der Waals surface area contributed by atoms with Gasteiger partial charge in [-0.15, -0.1) is 0 Å². The molecule has 4 heteroatoms. The molecular formula is C14H23N3O. The molecule has 1 aromatic rings. The van der Waals surface area contributed by atoms with Crippen LogP contribution in [0.15, 0.2) is 18.2 Å². The number of hydrogen-bond donors (Lipinski definition) is 2. The van der Waals surface area contributed by atoms with E-state index in [9.17, 15) is 4.79 Å². The number of aryl methyl sites for hydroxylation is 1. The first-order valence-corrected chi connectivity index (χ1v) is 6.24. The normalized spacial score (nSPS) is 10.7. The Morgan fingerprint density at radius 2 is 2.11 bits per heavy atom. The van der Waals surface area contributed by atoms with Crippen molar-refractivity contribution in [2.45, 2.75) is 33.4 Å². The van der Waals surface area contributed by atoms with Gasteiger partial charge in [0.15, 0.2) is 0 Å². The predicted molar refractivity (Wildman–Crippen MR) is 75.6 cm³/mol. The molecule has 3 N–H and O–H groups in total. The molecule has 100 valence electrons. The summed E-state index contributed by atoms with van der Waals surface area (Å²) in [4.78, 5) is 13.1. The number of nitrogens with zero attached hydrogens (tertiary/aromatic N) is 1. The summed E-state index contributed by atoms with van der Waals surface area (Å²) in [5.74, 6) is -0.305. The number of nitrogens with one attached hydrogen (secondary N) is 1. The van der Waals surface area contributed by atoms with Gasteiger partial charge in [0, 0.05) is 18.3 Å². The SMILES string of the molecule is CNCc1ccc(N(CC(N)=O)C(C)C)cc1C. The zero-order valence-electron chi connectivity index (χ0n) is 11.7. The molecule has 0 bridgehead atoms. The molecule has 0 spiro atoms. The number of carbonyl (C=O) groups excluding carboxylic acids is 1. The molecule has 0 aliphatic heterocycles. The van der Waals surface area contributed by atoms with Gasteiger partial charge in [-0.3, -0.25) is 4.79 Å². The van der Waals surface area contributed by atoms with Crippen molar-refractivity contribution in [3.63, 3.8) is 0 Å². The summed E-state index contributed by atoms with van der Waals surface area (Å²) >= 11 is 0. The Hall–Kier alpha value is -1.55. The molecule has 0 atom stereocenters. The molecule has 18 heavy (non-hydrogen) atoms. The number of benzene rings is 1. The topological polar surface area (TPSA) is 58.4 Å². The fourth-order valence-corrected chi connectivity index (χ4v) is 1.99. The second-order valence-corrected chi connectivity index (χ2v) is 4.83. The number of nitrogens with two attached hydrogens (primary N) is 1. The van der Waals surface area contributed by atoms with Gasteiger partial charge >= 0.3 is 0 Å². The van der Waals surface area contributed by atoms with Gasteiger partial charge in [0.1, 0.15) is 0 Å². The summed E-state index contributed by atoms with van der Waals surface area (Å²) < 4.78 is 0. The average Bonchev–Trinajstić information content (AvgIpc) is 2.28. The smallest absolute Gasteiger partial charge is 0.236 e. The van der Waals surface area contributed by atoms with Gasteiger partial charge in [0.2, 0.25) is 5.91 Å². The lowest BCUT2D eigenvalue weighted by Gasteiger charge is -2.28. The molecule has 4 nitrogen and oxygen atoms in total. The Morgan fingerprint density at radius 1 is 1.44 bits per heavy atom. The fourth-order valence-electron chi connectivity index (χ4n) is 1.99. The van der Waals surface area contributed by atoms with Crippen molar-refractivity contribution >= 4 is 11.6 Å². The van der Waals surface area contributed by atoms with Gasteiger partial charge in [-0.25, -0.2) is 0 Å². The van der Waals surface area contributed by atoms with E-state index in [1.165, 1.54) is 11.1 Å². The number of rotatable bonds is 6. The predicted octanol–water partition coefficient (Wildman–Crippen LogP) is 1.41. The highest BCUT2D eigenvalue weighted by Crippen LogP contribution is 2.21. The lowest BCUT2D eigenvalue weighted by atomic mass is 10.1. The van der Waals surface area contributed by atoms with Crippen LogP contribution in [0.2, 0.25) is 0 Å². The number of hydrogen-bond acceptors (Lipinski definition) is 3. The summed E-state index contributed by atoms with van der Waals surface area (Å²) in [6.07, 6.45) is 0. The van der Waals surface area contributed by atoms with Gasteiger partial charge in [-0.1, -0.05) is 6.07 Å². The van der Waals surface area contributed by atoms with Crippen molar-refractivity contribution < 1.29 is 4.79 Å². The minimum atomic E-state index is -0.305. The van der Waals surface area contributed by atoms with Gasteiger partial charge in [0.25, 0.3) is 0 Å². The monoisotopic (exact) mass is 249 g/mol. The maximum atomic E-state index is 11.1. The minimum absolute atomic E-state index is 0.243. The standard InChI is InChI=1S/C14H23N3O/c1-10(2)17(9-14(15)18)13-6-5-12(8-16-4)11(3)7-13/h5-7,10,16H,8-9H2,1-4H3,(H2,15,18). The molecular weight excluding hydrogens is 226 g/mol. The summed E-state index contributed by atoms with van der Waals surface area (Å²) in [5, 5.41) is 3.14. The van der Waals surface area contributed by atoms with Crippen LogP contribution in [0.5, 0.6) is 0 Å². The van der Waals surface area contributed by atoms with Crippen molar-refractivity contribution in [3.05, 3.63) is 29.3 Å². The lowest BCUT2D eigenvalue weighted by molar-refractivity contribution is -0.116. The van der Waals surface area contributed by atoms with Crippen molar-refractivity contribution in [2.24, 2.45) is 5.73 Å². The molecule has 0 aliphatic carbocycles. The lowest BCUT2D eigenvalue weighted by Crippen LogP contribution is -2.38. The van der Waals surface area contributed by atoms with Crippen LogP contribution in [-0.2, 0) is 11.3 Å². The molecule has 1 rings (SSSR count). The molecule has 0 saturated carbocycles. The van der Waals surface area contributed by atoms with E-state index in [0.717, 1.165) is 12.2 Å².